The van der Waals surface area contributed by atoms with E-state index in [0.29, 0.717) is 5.95 Å². The van der Waals surface area contributed by atoms with E-state index in [9.17, 15) is 0 Å². The van der Waals surface area contributed by atoms with Gasteiger partial charge in [0.2, 0.25) is 11.7 Å². The van der Waals surface area contributed by atoms with E-state index in [2.05, 4.69) is 105 Å². The van der Waals surface area contributed by atoms with Crippen molar-refractivity contribution in [2.24, 2.45) is 0 Å². The zero-order chi connectivity index (χ0) is 26.9. The van der Waals surface area contributed by atoms with Crippen LogP contribution in [0.25, 0.3) is 72.7 Å². The van der Waals surface area contributed by atoms with Crippen LogP contribution in [-0.2, 0) is 0 Å². The molecule has 0 saturated heterocycles. The maximum absolute atomic E-state index is 5.27. The topological polar surface area (TPSA) is 52.9 Å². The summed E-state index contributed by atoms with van der Waals surface area (Å²) in [6, 6.07) is 45.8. The van der Waals surface area contributed by atoms with Crippen LogP contribution in [0.2, 0.25) is 0 Å². The smallest absolute Gasteiger partial charge is 0.239 e. The summed E-state index contributed by atoms with van der Waals surface area (Å²) < 4.78 is 6.68. The molecule has 192 valence electrons. The molecule has 0 aliphatic carbocycles. The SMILES string of the molecule is c1ccc(-c2nc(-n3c4c(c5ccccc5n4-c4ccccc4)n4c5ccccc5nc34)nc3ccccc23)cc1. The zero-order valence-electron chi connectivity index (χ0n) is 21.9. The summed E-state index contributed by atoms with van der Waals surface area (Å²) in [4.78, 5) is 15.6. The monoisotopic (exact) mass is 526 g/mol. The van der Waals surface area contributed by atoms with Crippen molar-refractivity contribution in [2.75, 3.05) is 0 Å². The van der Waals surface area contributed by atoms with Crippen molar-refractivity contribution < 1.29 is 0 Å². The zero-order valence-corrected chi connectivity index (χ0v) is 21.9. The number of hydrogen-bond acceptors (Lipinski definition) is 3. The Balaban J connectivity index is 1.52. The molecule has 0 aliphatic rings. The van der Waals surface area contributed by atoms with Crippen LogP contribution >= 0.6 is 0 Å². The minimum Gasteiger partial charge on any atom is -0.294 e. The molecule has 0 bridgehead atoms. The summed E-state index contributed by atoms with van der Waals surface area (Å²) in [6.45, 7) is 0. The second kappa shape index (κ2) is 8.37. The Morgan fingerprint density at radius 1 is 0.463 bits per heavy atom. The average Bonchev–Trinajstić information content (AvgIpc) is 3.67. The molecule has 0 aliphatic heterocycles. The molecular weight excluding hydrogens is 504 g/mol. The highest BCUT2D eigenvalue weighted by atomic mass is 15.3. The van der Waals surface area contributed by atoms with Gasteiger partial charge in [-0.1, -0.05) is 97.1 Å². The van der Waals surface area contributed by atoms with E-state index in [4.69, 9.17) is 15.0 Å². The third kappa shape index (κ3) is 3.10. The van der Waals surface area contributed by atoms with Gasteiger partial charge in [0.1, 0.15) is 5.52 Å². The number of para-hydroxylation sites is 5. The van der Waals surface area contributed by atoms with Crippen molar-refractivity contribution in [2.45, 2.75) is 0 Å². The van der Waals surface area contributed by atoms with Crippen molar-refractivity contribution in [3.8, 4) is 22.9 Å². The van der Waals surface area contributed by atoms with Crippen LogP contribution in [0.4, 0.5) is 0 Å². The molecule has 0 unspecified atom stereocenters. The van der Waals surface area contributed by atoms with Crippen molar-refractivity contribution in [3.63, 3.8) is 0 Å². The first-order valence-corrected chi connectivity index (χ1v) is 13.7. The maximum atomic E-state index is 5.27. The van der Waals surface area contributed by atoms with Crippen LogP contribution in [-0.4, -0.2) is 28.5 Å². The third-order valence-corrected chi connectivity index (χ3v) is 7.86. The molecule has 0 spiro atoms. The molecule has 0 amide bonds. The van der Waals surface area contributed by atoms with E-state index < -0.39 is 0 Å². The largest absolute Gasteiger partial charge is 0.294 e. The Labute approximate surface area is 234 Å². The van der Waals surface area contributed by atoms with Crippen LogP contribution in [0, 0.1) is 0 Å². The summed E-state index contributed by atoms with van der Waals surface area (Å²) in [6.07, 6.45) is 0. The fourth-order valence-electron chi connectivity index (χ4n) is 6.12. The molecule has 5 aromatic carbocycles. The van der Waals surface area contributed by atoms with E-state index in [0.717, 1.165) is 66.7 Å². The summed E-state index contributed by atoms with van der Waals surface area (Å²) in [5.41, 5.74) is 9.02. The molecule has 0 fully saturated rings. The van der Waals surface area contributed by atoms with Crippen LogP contribution in [0.5, 0.6) is 0 Å². The number of imidazole rings is 2. The van der Waals surface area contributed by atoms with Gasteiger partial charge in [-0.05, 0) is 36.4 Å². The van der Waals surface area contributed by atoms with E-state index in [-0.39, 0.29) is 0 Å². The second-order valence-electron chi connectivity index (χ2n) is 10.2. The lowest BCUT2D eigenvalue weighted by molar-refractivity contribution is 0.956. The molecular formula is C35H22N6. The Bertz CT molecular complexity index is 2410. The molecule has 0 saturated carbocycles. The number of benzene rings is 5. The van der Waals surface area contributed by atoms with Crippen LogP contribution in [0.3, 0.4) is 0 Å². The Morgan fingerprint density at radius 3 is 1.90 bits per heavy atom. The van der Waals surface area contributed by atoms with Crippen LogP contribution in [0.1, 0.15) is 0 Å². The first kappa shape index (κ1) is 22.1. The molecule has 0 N–H and O–H groups in total. The predicted molar refractivity (Wildman–Crippen MR) is 165 cm³/mol. The van der Waals surface area contributed by atoms with Crippen molar-refractivity contribution in [3.05, 3.63) is 133 Å². The van der Waals surface area contributed by atoms with Crippen molar-refractivity contribution >= 4 is 49.8 Å². The minimum atomic E-state index is 0.581. The fraction of sp³-hybridized carbons (Fsp3) is 0. The Hall–Kier alpha value is -5.75. The van der Waals surface area contributed by atoms with Gasteiger partial charge < -0.3 is 0 Å². The van der Waals surface area contributed by atoms with Gasteiger partial charge in [0.15, 0.2) is 5.65 Å². The standard InChI is InChI=1S/C35H22N6/c1-3-13-23(14-4-1)31-25-17-7-9-19-27(25)36-34(38-31)41-33-32(40-30-22-12-10-20-28(30)37-35(40)41)26-18-8-11-21-29(26)39(33)24-15-5-2-6-16-24/h1-22H. The van der Waals surface area contributed by atoms with E-state index in [1.54, 1.807) is 0 Å². The molecule has 9 rings (SSSR count). The molecule has 4 heterocycles. The summed E-state index contributed by atoms with van der Waals surface area (Å²) >= 11 is 0. The number of hydrogen-bond donors (Lipinski definition) is 0. The quantitative estimate of drug-likeness (QED) is 0.234. The van der Waals surface area contributed by atoms with Gasteiger partial charge in [-0.25, -0.2) is 19.5 Å². The second-order valence-corrected chi connectivity index (χ2v) is 10.2. The highest BCUT2D eigenvalue weighted by molar-refractivity contribution is 6.10. The minimum absolute atomic E-state index is 0.581. The maximum Gasteiger partial charge on any atom is 0.239 e. The van der Waals surface area contributed by atoms with Gasteiger partial charge in [0, 0.05) is 22.0 Å². The molecule has 6 nitrogen and oxygen atoms in total. The summed E-state index contributed by atoms with van der Waals surface area (Å²) in [5, 5.41) is 2.15. The Morgan fingerprint density at radius 2 is 1.10 bits per heavy atom. The number of aromatic nitrogens is 6. The molecule has 6 heteroatoms. The number of nitrogens with zero attached hydrogens (tertiary/aromatic N) is 6. The highest BCUT2D eigenvalue weighted by Gasteiger charge is 2.26. The summed E-state index contributed by atoms with van der Waals surface area (Å²) in [5.74, 6) is 1.36. The highest BCUT2D eigenvalue weighted by Crippen LogP contribution is 2.38. The summed E-state index contributed by atoms with van der Waals surface area (Å²) in [7, 11) is 0. The molecule has 41 heavy (non-hydrogen) atoms. The van der Waals surface area contributed by atoms with Crippen molar-refractivity contribution in [1.82, 2.24) is 28.5 Å². The van der Waals surface area contributed by atoms with Crippen molar-refractivity contribution in [1.29, 1.82) is 0 Å². The fourth-order valence-corrected chi connectivity index (χ4v) is 6.12. The molecule has 0 radical (unpaired) electrons. The van der Waals surface area contributed by atoms with E-state index in [1.165, 1.54) is 0 Å². The number of rotatable bonds is 3. The van der Waals surface area contributed by atoms with E-state index in [1.807, 2.05) is 42.5 Å². The first-order valence-electron chi connectivity index (χ1n) is 13.7. The van der Waals surface area contributed by atoms with Gasteiger partial charge in [0.05, 0.1) is 27.8 Å². The van der Waals surface area contributed by atoms with Gasteiger partial charge in [-0.15, -0.1) is 0 Å². The average molecular weight is 527 g/mol. The third-order valence-electron chi connectivity index (χ3n) is 7.86. The van der Waals surface area contributed by atoms with Crippen LogP contribution < -0.4 is 0 Å². The lowest BCUT2D eigenvalue weighted by Crippen LogP contribution is -2.07. The number of fused-ring (bicyclic) bond motifs is 8. The van der Waals surface area contributed by atoms with Crippen LogP contribution in [0.15, 0.2) is 133 Å². The first-order chi connectivity index (χ1) is 20.4. The van der Waals surface area contributed by atoms with Gasteiger partial charge in [-0.2, -0.15) is 0 Å². The lowest BCUT2D eigenvalue weighted by Gasteiger charge is -2.12. The van der Waals surface area contributed by atoms with Gasteiger partial charge >= 0.3 is 0 Å². The lowest BCUT2D eigenvalue weighted by atomic mass is 10.1. The molecule has 4 aromatic heterocycles. The normalized spacial score (nSPS) is 11.9. The molecule has 9 aromatic rings. The van der Waals surface area contributed by atoms with Gasteiger partial charge in [0.25, 0.3) is 0 Å². The predicted octanol–water partition coefficient (Wildman–Crippen LogP) is 7.99. The Kier molecular flexibility index (Phi) is 4.51. The molecule has 0 atom stereocenters. The van der Waals surface area contributed by atoms with Gasteiger partial charge in [-0.3, -0.25) is 8.97 Å². The van der Waals surface area contributed by atoms with E-state index >= 15 is 0 Å².